The summed E-state index contributed by atoms with van der Waals surface area (Å²) in [6, 6.07) is 5.71. The lowest BCUT2D eigenvalue weighted by molar-refractivity contribution is 0.365. The Hall–Kier alpha value is -1.88. The third-order valence-electron chi connectivity index (χ3n) is 2.44. The average Bonchev–Trinajstić information content (AvgIpc) is 2.65. The molecule has 0 fully saturated rings. The quantitative estimate of drug-likeness (QED) is 0.815. The fourth-order valence-corrected chi connectivity index (χ4v) is 1.69. The summed E-state index contributed by atoms with van der Waals surface area (Å²) in [7, 11) is 3.91. The van der Waals surface area contributed by atoms with Crippen molar-refractivity contribution in [3.8, 4) is 11.5 Å². The summed E-state index contributed by atoms with van der Waals surface area (Å²) >= 11 is 0. The van der Waals surface area contributed by atoms with Gasteiger partial charge in [0.05, 0.1) is 12.1 Å². The first-order chi connectivity index (χ1) is 8.08. The second-order valence-corrected chi connectivity index (χ2v) is 4.29. The Kier molecular flexibility index (Phi) is 3.10. The van der Waals surface area contributed by atoms with Gasteiger partial charge >= 0.3 is 0 Å². The Morgan fingerprint density at radius 1 is 1.35 bits per heavy atom. The minimum absolute atomic E-state index is 0.484. The molecule has 5 nitrogen and oxygen atoms in total. The summed E-state index contributed by atoms with van der Waals surface area (Å²) in [4.78, 5) is 6.32. The Labute approximate surface area is 100 Å². The molecule has 0 radical (unpaired) electrons. The molecule has 0 aliphatic carbocycles. The van der Waals surface area contributed by atoms with Crippen LogP contribution < -0.4 is 5.73 Å². The van der Waals surface area contributed by atoms with Crippen LogP contribution in [0.3, 0.4) is 0 Å². The molecule has 0 unspecified atom stereocenters. The van der Waals surface area contributed by atoms with Crippen molar-refractivity contribution in [1.29, 1.82) is 0 Å². The molecule has 1 aromatic heterocycles. The molecule has 2 rings (SSSR count). The van der Waals surface area contributed by atoms with Crippen LogP contribution in [-0.2, 0) is 6.54 Å². The van der Waals surface area contributed by atoms with Crippen LogP contribution in [-0.4, -0.2) is 29.1 Å². The van der Waals surface area contributed by atoms with Crippen LogP contribution in [0, 0.1) is 6.92 Å². The Bertz CT molecular complexity index is 499. The van der Waals surface area contributed by atoms with Crippen LogP contribution >= 0.6 is 0 Å². The summed E-state index contributed by atoms with van der Waals surface area (Å²) in [5.74, 6) is 1.14. The van der Waals surface area contributed by atoms with Gasteiger partial charge in [0.2, 0.25) is 0 Å². The van der Waals surface area contributed by atoms with Gasteiger partial charge in [-0.05, 0) is 32.6 Å². The molecule has 2 aromatic rings. The van der Waals surface area contributed by atoms with E-state index in [1.54, 1.807) is 0 Å². The second-order valence-electron chi connectivity index (χ2n) is 4.29. The summed E-state index contributed by atoms with van der Waals surface area (Å²) in [6.07, 6.45) is 0. The number of hydrogen-bond acceptors (Lipinski definition) is 5. The van der Waals surface area contributed by atoms with Gasteiger partial charge in [-0.1, -0.05) is 17.3 Å². The summed E-state index contributed by atoms with van der Waals surface area (Å²) < 4.78 is 5.25. The lowest BCUT2D eigenvalue weighted by Crippen LogP contribution is -2.11. The monoisotopic (exact) mass is 232 g/mol. The van der Waals surface area contributed by atoms with Gasteiger partial charge < -0.3 is 15.2 Å². The number of aromatic nitrogens is 2. The van der Waals surface area contributed by atoms with Crippen LogP contribution in [0.1, 0.15) is 11.4 Å². The Morgan fingerprint density at radius 3 is 2.76 bits per heavy atom. The first kappa shape index (κ1) is 11.6. The number of nitrogens with zero attached hydrogens (tertiary/aromatic N) is 3. The molecule has 0 bridgehead atoms. The first-order valence-electron chi connectivity index (χ1n) is 5.40. The molecule has 0 saturated carbocycles. The van der Waals surface area contributed by atoms with E-state index in [0.717, 1.165) is 11.1 Å². The van der Waals surface area contributed by atoms with E-state index in [-0.39, 0.29) is 0 Å². The average molecular weight is 232 g/mol. The smallest absolute Gasteiger partial charge is 0.260 e. The van der Waals surface area contributed by atoms with Crippen molar-refractivity contribution in [1.82, 2.24) is 15.0 Å². The zero-order chi connectivity index (χ0) is 12.4. The molecule has 90 valence electrons. The maximum atomic E-state index is 5.93. The molecule has 0 atom stereocenters. The molecule has 2 N–H and O–H groups in total. The predicted octanol–water partition coefficient (Wildman–Crippen LogP) is 1.69. The van der Waals surface area contributed by atoms with Crippen LogP contribution in [0.5, 0.6) is 0 Å². The van der Waals surface area contributed by atoms with Crippen molar-refractivity contribution in [3.63, 3.8) is 0 Å². The van der Waals surface area contributed by atoms with Gasteiger partial charge in [0.15, 0.2) is 5.82 Å². The highest BCUT2D eigenvalue weighted by molar-refractivity contribution is 5.73. The van der Waals surface area contributed by atoms with Crippen LogP contribution in [0.15, 0.2) is 22.7 Å². The number of rotatable bonds is 3. The molecule has 1 heterocycles. The van der Waals surface area contributed by atoms with Gasteiger partial charge in [0, 0.05) is 5.69 Å². The van der Waals surface area contributed by atoms with E-state index >= 15 is 0 Å². The molecule has 0 aliphatic rings. The number of nitrogens with two attached hydrogens (primary N) is 1. The zero-order valence-corrected chi connectivity index (χ0v) is 10.3. The van der Waals surface area contributed by atoms with E-state index in [1.807, 2.05) is 44.1 Å². The van der Waals surface area contributed by atoms with Crippen molar-refractivity contribution in [2.75, 3.05) is 19.8 Å². The number of anilines is 1. The number of nitrogen functional groups attached to an aromatic ring is 1. The van der Waals surface area contributed by atoms with E-state index in [9.17, 15) is 0 Å². The maximum absolute atomic E-state index is 5.93. The highest BCUT2D eigenvalue weighted by Crippen LogP contribution is 2.27. The summed E-state index contributed by atoms with van der Waals surface area (Å²) in [5, 5.41) is 3.93. The topological polar surface area (TPSA) is 68.2 Å². The molecule has 0 saturated heterocycles. The van der Waals surface area contributed by atoms with Crippen LogP contribution in [0.25, 0.3) is 11.5 Å². The van der Waals surface area contributed by atoms with Crippen molar-refractivity contribution in [2.45, 2.75) is 13.5 Å². The van der Waals surface area contributed by atoms with Crippen molar-refractivity contribution in [3.05, 3.63) is 29.6 Å². The fraction of sp³-hybridized carbons (Fsp3) is 0.333. The van der Waals surface area contributed by atoms with Crippen molar-refractivity contribution in [2.24, 2.45) is 0 Å². The van der Waals surface area contributed by atoms with E-state index in [1.165, 1.54) is 0 Å². The standard InChI is InChI=1S/C12H16N4O/c1-8-5-4-6-9(13)11(8)12-14-10(15-17-12)7-16(2)3/h4-6H,7,13H2,1-3H3. The molecule has 0 spiro atoms. The fourth-order valence-electron chi connectivity index (χ4n) is 1.69. The zero-order valence-electron chi connectivity index (χ0n) is 10.3. The lowest BCUT2D eigenvalue weighted by Gasteiger charge is -2.04. The highest BCUT2D eigenvalue weighted by atomic mass is 16.5. The third kappa shape index (κ3) is 2.45. The second kappa shape index (κ2) is 4.55. The third-order valence-corrected chi connectivity index (χ3v) is 2.44. The molecular formula is C12H16N4O. The molecule has 0 amide bonds. The summed E-state index contributed by atoms with van der Waals surface area (Å²) in [5.41, 5.74) is 8.44. The molecule has 5 heteroatoms. The Balaban J connectivity index is 2.37. The van der Waals surface area contributed by atoms with E-state index < -0.39 is 0 Å². The summed E-state index contributed by atoms with van der Waals surface area (Å²) in [6.45, 7) is 2.62. The van der Waals surface area contributed by atoms with Gasteiger partial charge in [-0.15, -0.1) is 0 Å². The SMILES string of the molecule is Cc1cccc(N)c1-c1nc(CN(C)C)no1. The Morgan fingerprint density at radius 2 is 2.12 bits per heavy atom. The van der Waals surface area contributed by atoms with E-state index in [0.29, 0.717) is 23.9 Å². The normalized spacial score (nSPS) is 11.1. The largest absolute Gasteiger partial charge is 0.398 e. The maximum Gasteiger partial charge on any atom is 0.260 e. The minimum atomic E-state index is 0.484. The molecule has 17 heavy (non-hydrogen) atoms. The van der Waals surface area contributed by atoms with Gasteiger partial charge in [-0.25, -0.2) is 0 Å². The number of hydrogen-bond donors (Lipinski definition) is 1. The number of benzene rings is 1. The van der Waals surface area contributed by atoms with Crippen molar-refractivity contribution < 1.29 is 4.52 Å². The van der Waals surface area contributed by atoms with E-state index in [2.05, 4.69) is 10.1 Å². The molecule has 1 aromatic carbocycles. The van der Waals surface area contributed by atoms with Gasteiger partial charge in [-0.2, -0.15) is 4.98 Å². The lowest BCUT2D eigenvalue weighted by atomic mass is 10.1. The van der Waals surface area contributed by atoms with Crippen molar-refractivity contribution >= 4 is 5.69 Å². The molecule has 0 aliphatic heterocycles. The van der Waals surface area contributed by atoms with E-state index in [4.69, 9.17) is 10.3 Å². The van der Waals surface area contributed by atoms with Gasteiger partial charge in [0.1, 0.15) is 0 Å². The predicted molar refractivity (Wildman–Crippen MR) is 66.3 cm³/mol. The minimum Gasteiger partial charge on any atom is -0.398 e. The van der Waals surface area contributed by atoms with Crippen LogP contribution in [0.4, 0.5) is 5.69 Å². The van der Waals surface area contributed by atoms with Crippen LogP contribution in [0.2, 0.25) is 0 Å². The van der Waals surface area contributed by atoms with Gasteiger partial charge in [0.25, 0.3) is 5.89 Å². The van der Waals surface area contributed by atoms with Gasteiger partial charge in [-0.3, -0.25) is 0 Å². The first-order valence-corrected chi connectivity index (χ1v) is 5.40. The number of aryl methyl sites for hydroxylation is 1. The molecular weight excluding hydrogens is 216 g/mol. The highest BCUT2D eigenvalue weighted by Gasteiger charge is 2.14.